The summed E-state index contributed by atoms with van der Waals surface area (Å²) < 4.78 is 0.916. The Hall–Kier alpha value is -1.56. The molecule has 0 heterocycles. The molecule has 0 fully saturated rings. The Balaban J connectivity index is 2.79. The summed E-state index contributed by atoms with van der Waals surface area (Å²) >= 11 is 3.34. The maximum absolute atomic E-state index is 11.9. The number of carboxylic acid groups (broad SMARTS) is 1. The lowest BCUT2D eigenvalue weighted by Crippen LogP contribution is -2.50. The van der Waals surface area contributed by atoms with Gasteiger partial charge < -0.3 is 15.7 Å². The Labute approximate surface area is 126 Å². The number of carbonyl (C=O) groups is 2. The van der Waals surface area contributed by atoms with Crippen molar-refractivity contribution in [2.45, 2.75) is 33.7 Å². The lowest BCUT2D eigenvalue weighted by Gasteiger charge is -2.27. The van der Waals surface area contributed by atoms with Crippen molar-refractivity contribution in [3.63, 3.8) is 0 Å². The van der Waals surface area contributed by atoms with Gasteiger partial charge >= 0.3 is 12.0 Å². The molecule has 0 saturated heterocycles. The summed E-state index contributed by atoms with van der Waals surface area (Å²) in [7, 11) is 0. The van der Waals surface area contributed by atoms with Crippen LogP contribution in [0.1, 0.15) is 26.3 Å². The van der Waals surface area contributed by atoms with Crippen LogP contribution in [0.5, 0.6) is 0 Å². The normalized spacial score (nSPS) is 12.7. The van der Waals surface area contributed by atoms with Crippen LogP contribution in [0.3, 0.4) is 0 Å². The average Bonchev–Trinajstić information content (AvgIpc) is 2.28. The molecule has 0 aliphatic rings. The highest BCUT2D eigenvalue weighted by atomic mass is 79.9. The van der Waals surface area contributed by atoms with E-state index in [1.165, 1.54) is 0 Å². The van der Waals surface area contributed by atoms with Crippen LogP contribution < -0.4 is 10.6 Å². The molecule has 0 unspecified atom stereocenters. The molecule has 1 aromatic rings. The molecule has 3 N–H and O–H groups in total. The lowest BCUT2D eigenvalue weighted by atomic mass is 9.87. The van der Waals surface area contributed by atoms with Crippen LogP contribution in [0.2, 0.25) is 0 Å². The monoisotopic (exact) mass is 342 g/mol. The highest BCUT2D eigenvalue weighted by molar-refractivity contribution is 9.10. The number of rotatable bonds is 3. The van der Waals surface area contributed by atoms with E-state index in [4.69, 9.17) is 5.11 Å². The van der Waals surface area contributed by atoms with Gasteiger partial charge in [0.25, 0.3) is 0 Å². The Bertz CT molecular complexity index is 524. The number of benzene rings is 1. The fourth-order valence-corrected chi connectivity index (χ4v) is 2.18. The van der Waals surface area contributed by atoms with Gasteiger partial charge in [0.1, 0.15) is 6.04 Å². The van der Waals surface area contributed by atoms with E-state index >= 15 is 0 Å². The highest BCUT2D eigenvalue weighted by Gasteiger charge is 2.32. The van der Waals surface area contributed by atoms with Gasteiger partial charge in [-0.3, -0.25) is 0 Å². The Morgan fingerprint density at radius 3 is 2.35 bits per heavy atom. The number of anilines is 1. The maximum Gasteiger partial charge on any atom is 0.326 e. The first-order valence-corrected chi connectivity index (χ1v) is 6.97. The van der Waals surface area contributed by atoms with Gasteiger partial charge in [0.05, 0.1) is 0 Å². The fraction of sp³-hybridized carbons (Fsp3) is 0.429. The van der Waals surface area contributed by atoms with Crippen molar-refractivity contribution in [2.24, 2.45) is 5.41 Å². The van der Waals surface area contributed by atoms with Crippen molar-refractivity contribution in [3.8, 4) is 0 Å². The Morgan fingerprint density at radius 1 is 1.30 bits per heavy atom. The van der Waals surface area contributed by atoms with Gasteiger partial charge in [0.15, 0.2) is 0 Å². The number of hydrogen-bond donors (Lipinski definition) is 3. The molecule has 0 aliphatic heterocycles. The van der Waals surface area contributed by atoms with Crippen molar-refractivity contribution in [2.75, 3.05) is 5.32 Å². The number of nitrogens with one attached hydrogen (secondary N) is 2. The molecule has 0 spiro atoms. The Morgan fingerprint density at radius 2 is 1.90 bits per heavy atom. The summed E-state index contributed by atoms with van der Waals surface area (Å²) in [6, 6.07) is 3.94. The topological polar surface area (TPSA) is 78.4 Å². The van der Waals surface area contributed by atoms with E-state index in [-0.39, 0.29) is 0 Å². The Kier molecular flexibility index (Phi) is 5.16. The zero-order valence-corrected chi connectivity index (χ0v) is 13.5. The van der Waals surface area contributed by atoms with Crippen molar-refractivity contribution < 1.29 is 14.7 Å². The van der Waals surface area contributed by atoms with Crippen molar-refractivity contribution in [3.05, 3.63) is 28.2 Å². The van der Waals surface area contributed by atoms with E-state index in [1.807, 2.05) is 13.0 Å². The van der Waals surface area contributed by atoms with Crippen molar-refractivity contribution in [1.82, 2.24) is 5.32 Å². The van der Waals surface area contributed by atoms with E-state index in [0.29, 0.717) is 5.69 Å². The molecule has 1 atom stereocenters. The van der Waals surface area contributed by atoms with E-state index in [9.17, 15) is 9.59 Å². The van der Waals surface area contributed by atoms with Crippen LogP contribution in [-0.4, -0.2) is 23.1 Å². The first-order valence-electron chi connectivity index (χ1n) is 6.17. The quantitative estimate of drug-likeness (QED) is 0.787. The zero-order valence-electron chi connectivity index (χ0n) is 12.0. The summed E-state index contributed by atoms with van der Waals surface area (Å²) in [4.78, 5) is 23.1. The van der Waals surface area contributed by atoms with Crippen molar-refractivity contribution >= 4 is 33.6 Å². The summed E-state index contributed by atoms with van der Waals surface area (Å²) in [5, 5.41) is 14.3. The standard InChI is InChI=1S/C14H19BrN2O3/c1-8-7-9(15)5-6-10(8)16-13(20)17-11(12(18)19)14(2,3)4/h5-7,11H,1-4H3,(H,18,19)(H2,16,17,20)/t11-/m0/s1. The second-order valence-corrected chi connectivity index (χ2v) is 6.61. The molecule has 6 heteroatoms. The smallest absolute Gasteiger partial charge is 0.326 e. The molecule has 20 heavy (non-hydrogen) atoms. The first kappa shape index (κ1) is 16.5. The fourth-order valence-electron chi connectivity index (χ4n) is 1.71. The molecule has 2 amide bonds. The predicted molar refractivity (Wildman–Crippen MR) is 81.9 cm³/mol. The zero-order chi connectivity index (χ0) is 15.5. The second kappa shape index (κ2) is 6.26. The third kappa shape index (κ3) is 4.52. The molecule has 110 valence electrons. The predicted octanol–water partition coefficient (Wildman–Crippen LogP) is 3.38. The third-order valence-corrected chi connectivity index (χ3v) is 3.32. The summed E-state index contributed by atoms with van der Waals surface area (Å²) in [6.07, 6.45) is 0. The van der Waals surface area contributed by atoms with Crippen LogP contribution in [0.4, 0.5) is 10.5 Å². The van der Waals surface area contributed by atoms with E-state index in [1.54, 1.807) is 32.9 Å². The van der Waals surface area contributed by atoms with Crippen molar-refractivity contribution in [1.29, 1.82) is 0 Å². The van der Waals surface area contributed by atoms with Crippen LogP contribution in [-0.2, 0) is 4.79 Å². The van der Waals surface area contributed by atoms with Gasteiger partial charge in [-0.25, -0.2) is 9.59 Å². The second-order valence-electron chi connectivity index (χ2n) is 5.69. The molecular formula is C14H19BrN2O3. The van der Waals surface area contributed by atoms with Gasteiger partial charge in [-0.05, 0) is 36.1 Å². The van der Waals surface area contributed by atoms with Crippen LogP contribution in [0.25, 0.3) is 0 Å². The molecule has 5 nitrogen and oxygen atoms in total. The maximum atomic E-state index is 11.9. The molecule has 0 aromatic heterocycles. The van der Waals surface area contributed by atoms with Gasteiger partial charge in [0.2, 0.25) is 0 Å². The van der Waals surface area contributed by atoms with Gasteiger partial charge in [-0.2, -0.15) is 0 Å². The first-order chi connectivity index (χ1) is 9.11. The minimum Gasteiger partial charge on any atom is -0.480 e. The number of aliphatic carboxylic acids is 1. The summed E-state index contributed by atoms with van der Waals surface area (Å²) in [6.45, 7) is 7.14. The highest BCUT2D eigenvalue weighted by Crippen LogP contribution is 2.21. The summed E-state index contributed by atoms with van der Waals surface area (Å²) in [5.74, 6) is -1.06. The largest absolute Gasteiger partial charge is 0.480 e. The number of aryl methyl sites for hydroxylation is 1. The van der Waals surface area contributed by atoms with Crippen LogP contribution in [0, 0.1) is 12.3 Å². The number of carboxylic acids is 1. The number of hydrogen-bond acceptors (Lipinski definition) is 2. The van der Waals surface area contributed by atoms with Gasteiger partial charge in [-0.1, -0.05) is 36.7 Å². The SMILES string of the molecule is Cc1cc(Br)ccc1NC(=O)N[C@@H](C(=O)O)C(C)(C)C. The molecule has 0 saturated carbocycles. The molecule has 0 bridgehead atoms. The molecule has 0 aliphatic carbocycles. The van der Waals surface area contributed by atoms with E-state index in [2.05, 4.69) is 26.6 Å². The van der Waals surface area contributed by atoms with E-state index < -0.39 is 23.5 Å². The molecule has 1 rings (SSSR count). The third-order valence-electron chi connectivity index (χ3n) is 2.83. The number of halogens is 1. The molecular weight excluding hydrogens is 324 g/mol. The van der Waals surface area contributed by atoms with Crippen LogP contribution >= 0.6 is 15.9 Å². The average molecular weight is 343 g/mol. The lowest BCUT2D eigenvalue weighted by molar-refractivity contribution is -0.141. The van der Waals surface area contributed by atoms with Gasteiger partial charge in [0, 0.05) is 10.2 Å². The summed E-state index contributed by atoms with van der Waals surface area (Å²) in [5.41, 5.74) is 0.957. The minimum atomic E-state index is -1.06. The molecule has 1 aromatic carbocycles. The van der Waals surface area contributed by atoms with Crippen LogP contribution in [0.15, 0.2) is 22.7 Å². The number of amides is 2. The van der Waals surface area contributed by atoms with E-state index in [0.717, 1.165) is 10.0 Å². The molecule has 0 radical (unpaired) electrons. The van der Waals surface area contributed by atoms with Gasteiger partial charge in [-0.15, -0.1) is 0 Å². The minimum absolute atomic E-state index is 0.530. The number of urea groups is 1. The number of carbonyl (C=O) groups excluding carboxylic acids is 1.